The molecule has 1 saturated carbocycles. The second-order valence-corrected chi connectivity index (χ2v) is 9.87. The molecule has 1 saturated heterocycles. The van der Waals surface area contributed by atoms with Gasteiger partial charge >= 0.3 is 0 Å². The topological polar surface area (TPSA) is 75.7 Å². The van der Waals surface area contributed by atoms with Crippen LogP contribution in [0.3, 0.4) is 0 Å². The Hall–Kier alpha value is -1.74. The number of sulfonamides is 1. The van der Waals surface area contributed by atoms with Crippen molar-refractivity contribution in [3.8, 4) is 0 Å². The maximum atomic E-state index is 12.6. The second-order valence-electron chi connectivity index (χ2n) is 6.98. The van der Waals surface area contributed by atoms with Gasteiger partial charge in [0, 0.05) is 35.5 Å². The minimum Gasteiger partial charge on any atom is -0.379 e. The van der Waals surface area contributed by atoms with Gasteiger partial charge in [-0.15, -0.1) is 11.3 Å². The Balaban J connectivity index is 1.41. The zero-order valence-electron chi connectivity index (χ0n) is 14.9. The van der Waals surface area contributed by atoms with Crippen LogP contribution in [0.5, 0.6) is 0 Å². The van der Waals surface area contributed by atoms with E-state index in [1.807, 2.05) is 6.07 Å². The number of morpholine rings is 1. The fourth-order valence-corrected chi connectivity index (χ4v) is 5.70. The lowest BCUT2D eigenvalue weighted by Gasteiger charge is -2.26. The van der Waals surface area contributed by atoms with Crippen LogP contribution in [0.25, 0.3) is 0 Å². The van der Waals surface area contributed by atoms with E-state index in [9.17, 15) is 13.2 Å². The zero-order valence-corrected chi connectivity index (χ0v) is 16.5. The molecule has 0 unspecified atom stereocenters. The van der Waals surface area contributed by atoms with Gasteiger partial charge in [0.1, 0.15) is 0 Å². The van der Waals surface area contributed by atoms with Crippen LogP contribution in [0.4, 0.5) is 0 Å². The molecule has 8 heteroatoms. The van der Waals surface area contributed by atoms with E-state index in [1.165, 1.54) is 21.3 Å². The van der Waals surface area contributed by atoms with Crippen LogP contribution < -0.4 is 5.32 Å². The van der Waals surface area contributed by atoms with E-state index in [4.69, 9.17) is 4.74 Å². The predicted molar refractivity (Wildman–Crippen MR) is 104 cm³/mol. The van der Waals surface area contributed by atoms with Crippen LogP contribution in [-0.4, -0.2) is 51.5 Å². The summed E-state index contributed by atoms with van der Waals surface area (Å²) >= 11 is 1.73. The molecule has 1 aliphatic heterocycles. The van der Waals surface area contributed by atoms with Gasteiger partial charge in [-0.1, -0.05) is 6.07 Å². The molecule has 1 aromatic carbocycles. The number of benzene rings is 1. The van der Waals surface area contributed by atoms with E-state index >= 15 is 0 Å². The third kappa shape index (κ3) is 3.80. The lowest BCUT2D eigenvalue weighted by Crippen LogP contribution is -2.40. The Kier molecular flexibility index (Phi) is 5.07. The first-order valence-corrected chi connectivity index (χ1v) is 11.3. The minimum atomic E-state index is -3.54. The molecule has 4 rings (SSSR count). The molecule has 1 aliphatic carbocycles. The van der Waals surface area contributed by atoms with Crippen molar-refractivity contribution in [2.75, 3.05) is 32.8 Å². The number of hydrogen-bond donors (Lipinski definition) is 1. The van der Waals surface area contributed by atoms with E-state index < -0.39 is 10.0 Å². The molecule has 2 heterocycles. The van der Waals surface area contributed by atoms with Crippen molar-refractivity contribution < 1.29 is 17.9 Å². The summed E-state index contributed by atoms with van der Waals surface area (Å²) in [6.45, 7) is 2.14. The van der Waals surface area contributed by atoms with Gasteiger partial charge < -0.3 is 10.1 Å². The molecule has 1 N–H and O–H groups in total. The fourth-order valence-electron chi connectivity index (χ4n) is 3.31. The number of amides is 1. The summed E-state index contributed by atoms with van der Waals surface area (Å²) in [6, 6.07) is 10.3. The molecular formula is C19H22N2O4S2. The van der Waals surface area contributed by atoms with E-state index in [1.54, 1.807) is 23.5 Å². The highest BCUT2D eigenvalue weighted by atomic mass is 32.2. The zero-order chi connectivity index (χ0) is 18.9. The van der Waals surface area contributed by atoms with Gasteiger partial charge in [-0.25, -0.2) is 8.42 Å². The highest BCUT2D eigenvalue weighted by Crippen LogP contribution is 2.49. The molecule has 27 heavy (non-hydrogen) atoms. The minimum absolute atomic E-state index is 0.0867. The highest BCUT2D eigenvalue weighted by molar-refractivity contribution is 7.89. The van der Waals surface area contributed by atoms with Gasteiger partial charge in [0.15, 0.2) is 0 Å². The van der Waals surface area contributed by atoms with Crippen LogP contribution in [-0.2, 0) is 20.2 Å². The van der Waals surface area contributed by atoms with Crippen LogP contribution >= 0.6 is 11.3 Å². The van der Waals surface area contributed by atoms with Gasteiger partial charge in [0.05, 0.1) is 18.1 Å². The van der Waals surface area contributed by atoms with Crippen molar-refractivity contribution in [2.45, 2.75) is 23.2 Å². The number of thiophene rings is 1. The van der Waals surface area contributed by atoms with E-state index in [0.717, 1.165) is 12.8 Å². The molecule has 0 spiro atoms. The third-order valence-corrected chi connectivity index (χ3v) is 8.24. The molecule has 1 aromatic heterocycles. The van der Waals surface area contributed by atoms with E-state index in [0.29, 0.717) is 38.4 Å². The van der Waals surface area contributed by atoms with Crippen molar-refractivity contribution in [3.63, 3.8) is 0 Å². The van der Waals surface area contributed by atoms with Crippen molar-refractivity contribution >= 4 is 27.3 Å². The number of hydrogen-bond acceptors (Lipinski definition) is 5. The third-order valence-electron chi connectivity index (χ3n) is 5.21. The summed E-state index contributed by atoms with van der Waals surface area (Å²) in [4.78, 5) is 14.0. The first kappa shape index (κ1) is 18.6. The van der Waals surface area contributed by atoms with Crippen LogP contribution in [0, 0.1) is 0 Å². The number of rotatable bonds is 6. The number of carbonyl (C=O) groups is 1. The van der Waals surface area contributed by atoms with Crippen molar-refractivity contribution in [2.24, 2.45) is 0 Å². The maximum Gasteiger partial charge on any atom is 0.251 e. The summed E-state index contributed by atoms with van der Waals surface area (Å²) in [5, 5.41) is 5.06. The summed E-state index contributed by atoms with van der Waals surface area (Å²) in [7, 11) is -3.54. The fraction of sp³-hybridized carbons (Fsp3) is 0.421. The van der Waals surface area contributed by atoms with Gasteiger partial charge in [-0.3, -0.25) is 4.79 Å². The SMILES string of the molecule is O=C(NCC1(c2cccs2)CC1)c1ccc(S(=O)(=O)N2CCOCC2)cc1. The van der Waals surface area contributed by atoms with Gasteiger partial charge in [-0.05, 0) is 48.6 Å². The monoisotopic (exact) mass is 406 g/mol. The van der Waals surface area contributed by atoms with E-state index in [-0.39, 0.29) is 16.2 Å². The number of nitrogens with zero attached hydrogens (tertiary/aromatic N) is 1. The molecule has 6 nitrogen and oxygen atoms in total. The Morgan fingerprint density at radius 3 is 2.44 bits per heavy atom. The normalized spacial score (nSPS) is 19.6. The van der Waals surface area contributed by atoms with Crippen LogP contribution in [0.1, 0.15) is 28.1 Å². The lowest BCUT2D eigenvalue weighted by atomic mass is 10.1. The van der Waals surface area contributed by atoms with Crippen molar-refractivity contribution in [1.29, 1.82) is 0 Å². The molecule has 0 atom stereocenters. The summed E-state index contributed by atoms with van der Waals surface area (Å²) < 4.78 is 31.9. The largest absolute Gasteiger partial charge is 0.379 e. The van der Waals surface area contributed by atoms with Crippen LogP contribution in [0.15, 0.2) is 46.7 Å². The van der Waals surface area contributed by atoms with Gasteiger partial charge in [0.25, 0.3) is 5.91 Å². The Morgan fingerprint density at radius 1 is 1.15 bits per heavy atom. The average Bonchev–Trinajstić information content (AvgIpc) is 3.29. The molecular weight excluding hydrogens is 384 g/mol. The number of carbonyl (C=O) groups excluding carboxylic acids is 1. The molecule has 0 bridgehead atoms. The molecule has 0 radical (unpaired) electrons. The average molecular weight is 407 g/mol. The molecule has 2 aromatic rings. The molecule has 2 aliphatic rings. The molecule has 144 valence electrons. The van der Waals surface area contributed by atoms with Crippen LogP contribution in [0.2, 0.25) is 0 Å². The van der Waals surface area contributed by atoms with Gasteiger partial charge in [-0.2, -0.15) is 4.31 Å². The smallest absolute Gasteiger partial charge is 0.251 e. The molecule has 2 fully saturated rings. The standard InChI is InChI=1S/C19H22N2O4S2/c22-18(20-14-19(7-8-19)17-2-1-13-26-17)15-3-5-16(6-4-15)27(23,24)21-9-11-25-12-10-21/h1-6,13H,7-12,14H2,(H,20,22). The Bertz CT molecular complexity index is 898. The second kappa shape index (κ2) is 7.35. The number of nitrogens with one attached hydrogen (secondary N) is 1. The van der Waals surface area contributed by atoms with Crippen molar-refractivity contribution in [1.82, 2.24) is 9.62 Å². The molecule has 1 amide bonds. The Labute approximate surface area is 163 Å². The van der Waals surface area contributed by atoms with Gasteiger partial charge in [0.2, 0.25) is 10.0 Å². The maximum absolute atomic E-state index is 12.6. The summed E-state index contributed by atoms with van der Waals surface area (Å²) in [5.41, 5.74) is 0.557. The van der Waals surface area contributed by atoms with Crippen molar-refractivity contribution in [3.05, 3.63) is 52.2 Å². The number of ether oxygens (including phenoxy) is 1. The first-order chi connectivity index (χ1) is 13.0. The quantitative estimate of drug-likeness (QED) is 0.798. The first-order valence-electron chi connectivity index (χ1n) is 9.01. The Morgan fingerprint density at radius 2 is 1.85 bits per heavy atom. The lowest BCUT2D eigenvalue weighted by molar-refractivity contribution is 0.0730. The van der Waals surface area contributed by atoms with E-state index in [2.05, 4.69) is 16.8 Å². The predicted octanol–water partition coefficient (Wildman–Crippen LogP) is 2.23. The summed E-state index contributed by atoms with van der Waals surface area (Å²) in [5.74, 6) is -0.173. The highest BCUT2D eigenvalue weighted by Gasteiger charge is 2.45. The summed E-state index contributed by atoms with van der Waals surface area (Å²) in [6.07, 6.45) is 2.18.